The fourth-order valence-electron chi connectivity index (χ4n) is 1.38. The third-order valence-electron chi connectivity index (χ3n) is 2.12. The topological polar surface area (TPSA) is 95.7 Å². The molecule has 1 saturated heterocycles. The van der Waals surface area contributed by atoms with Crippen LogP contribution in [0.3, 0.4) is 0 Å². The molecule has 0 aromatic carbocycles. The molecule has 0 bridgehead atoms. The lowest BCUT2D eigenvalue weighted by Gasteiger charge is -2.26. The Kier molecular flexibility index (Phi) is 8.77. The van der Waals surface area contributed by atoms with E-state index in [2.05, 4.69) is 10.2 Å². The molecule has 0 radical (unpaired) electrons. The zero-order chi connectivity index (χ0) is 12.4. The van der Waals surface area contributed by atoms with Gasteiger partial charge in [-0.25, -0.2) is 0 Å². The van der Waals surface area contributed by atoms with Crippen molar-refractivity contribution < 1.29 is 13.0 Å². The predicted molar refractivity (Wildman–Crippen MR) is 65.1 cm³/mol. The first kappa shape index (κ1) is 15.8. The first-order valence-corrected chi connectivity index (χ1v) is 7.18. The molecule has 16 heavy (non-hydrogen) atoms. The highest BCUT2D eigenvalue weighted by Crippen LogP contribution is 1.88. The summed E-state index contributed by atoms with van der Waals surface area (Å²) in [6.07, 6.45) is 0.471. The molecule has 1 rings (SSSR count). The van der Waals surface area contributed by atoms with Crippen molar-refractivity contribution in [2.24, 2.45) is 5.73 Å². The largest absolute Gasteiger partial charge is 0.329 e. The maximum atomic E-state index is 9.79. The van der Waals surface area contributed by atoms with E-state index in [1.54, 1.807) is 6.92 Å². The third kappa shape index (κ3) is 10.3. The Balaban J connectivity index is 0.000000293. The summed E-state index contributed by atoms with van der Waals surface area (Å²) >= 11 is 0. The molecule has 0 spiro atoms. The Hall–Kier alpha value is -0.210. The van der Waals surface area contributed by atoms with Crippen molar-refractivity contribution in [3.63, 3.8) is 0 Å². The average molecular weight is 253 g/mol. The number of rotatable bonds is 4. The molecule has 0 aliphatic carbocycles. The third-order valence-corrected chi connectivity index (χ3v) is 3.04. The molecular formula is C9H23N3O3S. The number of hydrogen-bond donors (Lipinski definition) is 3. The molecule has 0 atom stereocenters. The fourth-order valence-corrected chi connectivity index (χ4v) is 1.89. The molecule has 1 aliphatic heterocycles. The zero-order valence-corrected chi connectivity index (χ0v) is 10.7. The van der Waals surface area contributed by atoms with Gasteiger partial charge in [-0.1, -0.05) is 6.92 Å². The second kappa shape index (κ2) is 8.89. The highest BCUT2D eigenvalue weighted by molar-refractivity contribution is 7.85. The monoisotopic (exact) mass is 253 g/mol. The van der Waals surface area contributed by atoms with E-state index in [1.165, 1.54) is 0 Å². The van der Waals surface area contributed by atoms with E-state index in [0.29, 0.717) is 6.42 Å². The van der Waals surface area contributed by atoms with Gasteiger partial charge in [-0.05, 0) is 6.42 Å². The maximum Gasteiger partial charge on any atom is 0.264 e. The van der Waals surface area contributed by atoms with E-state index in [1.807, 2.05) is 0 Å². The highest BCUT2D eigenvalue weighted by atomic mass is 32.2. The Morgan fingerprint density at radius 3 is 2.25 bits per heavy atom. The standard InChI is InChI=1S/C6H15N3.C3H8O3S/c7-1-4-9-5-2-8-3-6-9;1-2-3-7(4,5)6/h8H,1-7H2;2-3H2,1H3,(H,4,5,6). The van der Waals surface area contributed by atoms with Gasteiger partial charge in [0.2, 0.25) is 0 Å². The maximum absolute atomic E-state index is 9.79. The van der Waals surface area contributed by atoms with Gasteiger partial charge in [-0.2, -0.15) is 8.42 Å². The quantitative estimate of drug-likeness (QED) is 0.564. The van der Waals surface area contributed by atoms with Crippen LogP contribution in [0, 0.1) is 0 Å². The van der Waals surface area contributed by atoms with Gasteiger partial charge in [0, 0.05) is 39.3 Å². The van der Waals surface area contributed by atoms with Crippen molar-refractivity contribution in [3.05, 3.63) is 0 Å². The molecular weight excluding hydrogens is 230 g/mol. The summed E-state index contributed by atoms with van der Waals surface area (Å²) in [6.45, 7) is 8.11. The second-order valence-electron chi connectivity index (χ2n) is 3.67. The Morgan fingerprint density at radius 2 is 1.94 bits per heavy atom. The van der Waals surface area contributed by atoms with Gasteiger partial charge in [0.05, 0.1) is 5.75 Å². The summed E-state index contributed by atoms with van der Waals surface area (Å²) in [5.74, 6) is -0.132. The molecule has 4 N–H and O–H groups in total. The number of nitrogens with one attached hydrogen (secondary N) is 1. The van der Waals surface area contributed by atoms with Crippen LogP contribution in [0.5, 0.6) is 0 Å². The minimum Gasteiger partial charge on any atom is -0.329 e. The highest BCUT2D eigenvalue weighted by Gasteiger charge is 2.06. The van der Waals surface area contributed by atoms with Crippen molar-refractivity contribution in [3.8, 4) is 0 Å². The fraction of sp³-hybridized carbons (Fsp3) is 1.00. The first-order valence-electron chi connectivity index (χ1n) is 5.58. The van der Waals surface area contributed by atoms with Gasteiger partial charge in [0.15, 0.2) is 0 Å². The van der Waals surface area contributed by atoms with Gasteiger partial charge in [-0.15, -0.1) is 0 Å². The minimum atomic E-state index is -3.67. The minimum absolute atomic E-state index is 0.132. The van der Waals surface area contributed by atoms with Gasteiger partial charge < -0.3 is 11.1 Å². The van der Waals surface area contributed by atoms with Crippen LogP contribution in [0.1, 0.15) is 13.3 Å². The summed E-state index contributed by atoms with van der Waals surface area (Å²) < 4.78 is 27.6. The van der Waals surface area contributed by atoms with Crippen LogP contribution in [-0.4, -0.2) is 62.9 Å². The van der Waals surface area contributed by atoms with E-state index in [-0.39, 0.29) is 5.75 Å². The normalized spacial score (nSPS) is 17.7. The van der Waals surface area contributed by atoms with Gasteiger partial charge in [0.1, 0.15) is 0 Å². The van der Waals surface area contributed by atoms with E-state index in [9.17, 15) is 8.42 Å². The molecule has 1 aliphatic rings. The first-order chi connectivity index (χ1) is 7.49. The Labute approximate surface area is 97.9 Å². The predicted octanol–water partition coefficient (Wildman–Crippen LogP) is -0.865. The van der Waals surface area contributed by atoms with Crippen LogP contribution in [-0.2, 0) is 10.1 Å². The lowest BCUT2D eigenvalue weighted by Crippen LogP contribution is -2.45. The molecule has 7 heteroatoms. The molecule has 98 valence electrons. The SMILES string of the molecule is CCCS(=O)(=O)O.NCCN1CCNCC1. The van der Waals surface area contributed by atoms with E-state index in [4.69, 9.17) is 10.3 Å². The summed E-state index contributed by atoms with van der Waals surface area (Å²) in [5.41, 5.74) is 5.40. The van der Waals surface area contributed by atoms with Gasteiger partial charge in [0.25, 0.3) is 10.1 Å². The Bertz CT molecular complexity index is 248. The lowest BCUT2D eigenvalue weighted by atomic mass is 10.3. The molecule has 0 aromatic heterocycles. The number of hydrogen-bond acceptors (Lipinski definition) is 5. The average Bonchev–Trinajstić information content (AvgIpc) is 2.19. The van der Waals surface area contributed by atoms with Crippen LogP contribution in [0.25, 0.3) is 0 Å². The Morgan fingerprint density at radius 1 is 1.38 bits per heavy atom. The van der Waals surface area contributed by atoms with Crippen molar-refractivity contribution >= 4 is 10.1 Å². The summed E-state index contributed by atoms with van der Waals surface area (Å²) in [6, 6.07) is 0. The van der Waals surface area contributed by atoms with Crippen molar-refractivity contribution in [2.75, 3.05) is 45.0 Å². The summed E-state index contributed by atoms with van der Waals surface area (Å²) in [4.78, 5) is 2.39. The van der Waals surface area contributed by atoms with Gasteiger partial charge >= 0.3 is 0 Å². The molecule has 0 unspecified atom stereocenters. The second-order valence-corrected chi connectivity index (χ2v) is 5.24. The van der Waals surface area contributed by atoms with Gasteiger partial charge in [-0.3, -0.25) is 9.45 Å². The molecule has 0 aromatic rings. The zero-order valence-electron chi connectivity index (χ0n) is 9.85. The van der Waals surface area contributed by atoms with E-state index < -0.39 is 10.1 Å². The van der Waals surface area contributed by atoms with Crippen LogP contribution in [0.15, 0.2) is 0 Å². The van der Waals surface area contributed by atoms with Crippen LogP contribution < -0.4 is 11.1 Å². The van der Waals surface area contributed by atoms with Crippen molar-refractivity contribution in [1.82, 2.24) is 10.2 Å². The number of nitrogens with zero attached hydrogens (tertiary/aromatic N) is 1. The molecule has 0 amide bonds. The van der Waals surface area contributed by atoms with Crippen LogP contribution in [0.4, 0.5) is 0 Å². The number of nitrogens with two attached hydrogens (primary N) is 1. The van der Waals surface area contributed by atoms with Crippen molar-refractivity contribution in [2.45, 2.75) is 13.3 Å². The summed E-state index contributed by atoms with van der Waals surface area (Å²) in [5, 5.41) is 3.29. The van der Waals surface area contributed by atoms with Crippen LogP contribution in [0.2, 0.25) is 0 Å². The van der Waals surface area contributed by atoms with E-state index >= 15 is 0 Å². The molecule has 6 nitrogen and oxygen atoms in total. The molecule has 1 heterocycles. The molecule has 1 fully saturated rings. The van der Waals surface area contributed by atoms with E-state index in [0.717, 1.165) is 39.3 Å². The van der Waals surface area contributed by atoms with Crippen molar-refractivity contribution in [1.29, 1.82) is 0 Å². The smallest absolute Gasteiger partial charge is 0.264 e. The molecule has 0 saturated carbocycles. The van der Waals surface area contributed by atoms with Crippen LogP contribution >= 0.6 is 0 Å². The lowest BCUT2D eigenvalue weighted by molar-refractivity contribution is 0.247. The summed E-state index contributed by atoms with van der Waals surface area (Å²) in [7, 11) is -3.67. The number of piperazine rings is 1.